The summed E-state index contributed by atoms with van der Waals surface area (Å²) in [4.78, 5) is 0. The van der Waals surface area contributed by atoms with Gasteiger partial charge in [-0.25, -0.2) is 0 Å². The van der Waals surface area contributed by atoms with Gasteiger partial charge in [-0.2, -0.15) is 0 Å². The zero-order chi connectivity index (χ0) is 14.4. The Balaban J connectivity index is 2.01. The molecule has 0 atom stereocenters. The Kier molecular flexibility index (Phi) is 5.23. The molecule has 1 nitrogen and oxygen atoms in total. The lowest BCUT2D eigenvalue weighted by Gasteiger charge is -2.14. The SMILES string of the molecule is CCC(CC)COc1ccc(-c2ccc(C)cc2)cc1. The van der Waals surface area contributed by atoms with Crippen molar-refractivity contribution in [3.05, 3.63) is 54.1 Å². The molecule has 2 aromatic carbocycles. The van der Waals surface area contributed by atoms with E-state index in [4.69, 9.17) is 4.74 Å². The minimum absolute atomic E-state index is 0.659. The molecule has 0 radical (unpaired) electrons. The van der Waals surface area contributed by atoms with Gasteiger partial charge >= 0.3 is 0 Å². The van der Waals surface area contributed by atoms with Gasteiger partial charge in [-0.3, -0.25) is 0 Å². The zero-order valence-electron chi connectivity index (χ0n) is 12.7. The van der Waals surface area contributed by atoms with Crippen molar-refractivity contribution >= 4 is 0 Å². The number of rotatable bonds is 6. The van der Waals surface area contributed by atoms with Crippen LogP contribution in [0.5, 0.6) is 5.75 Å². The molecular formula is C19H24O. The van der Waals surface area contributed by atoms with Gasteiger partial charge in [-0.15, -0.1) is 0 Å². The van der Waals surface area contributed by atoms with Crippen LogP contribution in [0.4, 0.5) is 0 Å². The Morgan fingerprint density at radius 3 is 1.80 bits per heavy atom. The Morgan fingerprint density at radius 2 is 1.30 bits per heavy atom. The molecule has 0 aliphatic carbocycles. The maximum atomic E-state index is 5.86. The largest absolute Gasteiger partial charge is 0.493 e. The van der Waals surface area contributed by atoms with Crippen molar-refractivity contribution in [2.45, 2.75) is 33.6 Å². The summed E-state index contributed by atoms with van der Waals surface area (Å²) in [5.74, 6) is 1.62. The van der Waals surface area contributed by atoms with Gasteiger partial charge in [0, 0.05) is 0 Å². The molecule has 0 saturated heterocycles. The van der Waals surface area contributed by atoms with Crippen molar-refractivity contribution in [3.8, 4) is 16.9 Å². The normalized spacial score (nSPS) is 10.8. The summed E-state index contributed by atoms with van der Waals surface area (Å²) in [6.45, 7) is 7.37. The molecule has 2 aromatic rings. The first kappa shape index (κ1) is 14.6. The van der Waals surface area contributed by atoms with E-state index in [1.54, 1.807) is 0 Å². The number of benzene rings is 2. The minimum atomic E-state index is 0.659. The van der Waals surface area contributed by atoms with E-state index in [2.05, 4.69) is 69.3 Å². The predicted octanol–water partition coefficient (Wildman–Crippen LogP) is 5.48. The van der Waals surface area contributed by atoms with Gasteiger partial charge in [-0.05, 0) is 36.1 Å². The molecule has 20 heavy (non-hydrogen) atoms. The molecule has 0 N–H and O–H groups in total. The number of ether oxygens (including phenoxy) is 1. The maximum absolute atomic E-state index is 5.86. The smallest absolute Gasteiger partial charge is 0.119 e. The topological polar surface area (TPSA) is 9.23 Å². The Morgan fingerprint density at radius 1 is 0.800 bits per heavy atom. The Hall–Kier alpha value is -1.76. The molecule has 0 aliphatic rings. The van der Waals surface area contributed by atoms with Crippen LogP contribution in [0.25, 0.3) is 11.1 Å². The molecule has 0 aromatic heterocycles. The monoisotopic (exact) mass is 268 g/mol. The fraction of sp³-hybridized carbons (Fsp3) is 0.368. The number of aryl methyl sites for hydroxylation is 1. The standard InChI is InChI=1S/C19H24O/c1-4-16(5-2)14-20-19-12-10-18(11-13-19)17-8-6-15(3)7-9-17/h6-13,16H,4-5,14H2,1-3H3. The average molecular weight is 268 g/mol. The van der Waals surface area contributed by atoms with Crippen LogP contribution in [0.15, 0.2) is 48.5 Å². The molecule has 0 spiro atoms. The van der Waals surface area contributed by atoms with Gasteiger partial charge in [0.05, 0.1) is 6.61 Å². The number of hydrogen-bond acceptors (Lipinski definition) is 1. The highest BCUT2D eigenvalue weighted by Gasteiger charge is 2.04. The van der Waals surface area contributed by atoms with E-state index in [9.17, 15) is 0 Å². The molecular weight excluding hydrogens is 244 g/mol. The second-order valence-corrected chi connectivity index (χ2v) is 5.38. The first-order valence-electron chi connectivity index (χ1n) is 7.52. The lowest BCUT2D eigenvalue weighted by atomic mass is 10.0. The molecule has 0 saturated carbocycles. The molecule has 106 valence electrons. The highest BCUT2D eigenvalue weighted by atomic mass is 16.5. The van der Waals surface area contributed by atoms with Gasteiger partial charge in [0.25, 0.3) is 0 Å². The highest BCUT2D eigenvalue weighted by molar-refractivity contribution is 5.64. The number of hydrogen-bond donors (Lipinski definition) is 0. The van der Waals surface area contributed by atoms with Crippen LogP contribution in [0.2, 0.25) is 0 Å². The van der Waals surface area contributed by atoms with Crippen LogP contribution >= 0.6 is 0 Å². The van der Waals surface area contributed by atoms with E-state index in [0.717, 1.165) is 12.4 Å². The third-order valence-corrected chi connectivity index (χ3v) is 3.88. The van der Waals surface area contributed by atoms with Crippen molar-refractivity contribution in [2.24, 2.45) is 5.92 Å². The van der Waals surface area contributed by atoms with Gasteiger partial charge in [0.1, 0.15) is 5.75 Å². The van der Waals surface area contributed by atoms with Crippen molar-refractivity contribution in [3.63, 3.8) is 0 Å². The van der Waals surface area contributed by atoms with Crippen molar-refractivity contribution < 1.29 is 4.74 Å². The summed E-state index contributed by atoms with van der Waals surface area (Å²) < 4.78 is 5.86. The van der Waals surface area contributed by atoms with Crippen LogP contribution in [0.3, 0.4) is 0 Å². The van der Waals surface area contributed by atoms with Gasteiger partial charge in [0.15, 0.2) is 0 Å². The summed E-state index contributed by atoms with van der Waals surface area (Å²) in [5, 5.41) is 0. The molecule has 0 heterocycles. The lowest BCUT2D eigenvalue weighted by Crippen LogP contribution is -2.09. The second kappa shape index (κ2) is 7.14. The van der Waals surface area contributed by atoms with Crippen molar-refractivity contribution in [1.29, 1.82) is 0 Å². The third kappa shape index (κ3) is 3.86. The Labute approximate surface area is 122 Å². The molecule has 0 amide bonds. The van der Waals surface area contributed by atoms with Crippen molar-refractivity contribution in [1.82, 2.24) is 0 Å². The summed E-state index contributed by atoms with van der Waals surface area (Å²) in [6, 6.07) is 17.0. The first-order valence-corrected chi connectivity index (χ1v) is 7.52. The highest BCUT2D eigenvalue weighted by Crippen LogP contribution is 2.23. The van der Waals surface area contributed by atoms with Crippen LogP contribution < -0.4 is 4.74 Å². The van der Waals surface area contributed by atoms with E-state index < -0.39 is 0 Å². The quantitative estimate of drug-likeness (QED) is 0.674. The zero-order valence-corrected chi connectivity index (χ0v) is 12.7. The molecule has 0 aliphatic heterocycles. The third-order valence-electron chi connectivity index (χ3n) is 3.88. The molecule has 0 unspecified atom stereocenters. The van der Waals surface area contributed by atoms with Crippen molar-refractivity contribution in [2.75, 3.05) is 6.61 Å². The van der Waals surface area contributed by atoms with Gasteiger partial charge < -0.3 is 4.74 Å². The van der Waals surface area contributed by atoms with Crippen LogP contribution in [-0.2, 0) is 0 Å². The van der Waals surface area contributed by atoms with E-state index in [1.807, 2.05) is 0 Å². The van der Waals surface area contributed by atoms with Gasteiger partial charge in [0.2, 0.25) is 0 Å². The molecule has 2 rings (SSSR count). The van der Waals surface area contributed by atoms with E-state index >= 15 is 0 Å². The second-order valence-electron chi connectivity index (χ2n) is 5.38. The fourth-order valence-electron chi connectivity index (χ4n) is 2.23. The van der Waals surface area contributed by atoms with Crippen LogP contribution in [-0.4, -0.2) is 6.61 Å². The van der Waals surface area contributed by atoms with Crippen LogP contribution in [0, 0.1) is 12.8 Å². The summed E-state index contributed by atoms with van der Waals surface area (Å²) in [7, 11) is 0. The maximum Gasteiger partial charge on any atom is 0.119 e. The summed E-state index contributed by atoms with van der Waals surface area (Å²) >= 11 is 0. The minimum Gasteiger partial charge on any atom is -0.493 e. The summed E-state index contributed by atoms with van der Waals surface area (Å²) in [6.07, 6.45) is 2.36. The van der Waals surface area contributed by atoms with Gasteiger partial charge in [-0.1, -0.05) is 68.7 Å². The van der Waals surface area contributed by atoms with Crippen LogP contribution in [0.1, 0.15) is 32.3 Å². The average Bonchev–Trinajstić information content (AvgIpc) is 2.50. The lowest BCUT2D eigenvalue weighted by molar-refractivity contribution is 0.240. The first-order chi connectivity index (χ1) is 9.72. The summed E-state index contributed by atoms with van der Waals surface area (Å²) in [5.41, 5.74) is 3.78. The fourth-order valence-corrected chi connectivity index (χ4v) is 2.23. The van der Waals surface area contributed by atoms with E-state index in [1.165, 1.54) is 29.5 Å². The molecule has 0 fully saturated rings. The predicted molar refractivity (Wildman–Crippen MR) is 86.2 cm³/mol. The molecule has 0 bridgehead atoms. The Bertz CT molecular complexity index is 506. The molecule has 1 heteroatoms. The van der Waals surface area contributed by atoms with E-state index in [-0.39, 0.29) is 0 Å². The van der Waals surface area contributed by atoms with E-state index in [0.29, 0.717) is 5.92 Å².